The van der Waals surface area contributed by atoms with E-state index in [1.54, 1.807) is 37.3 Å². The van der Waals surface area contributed by atoms with E-state index in [9.17, 15) is 8.42 Å². The second-order valence-electron chi connectivity index (χ2n) is 5.40. The molecule has 0 unspecified atom stereocenters. The fourth-order valence-electron chi connectivity index (χ4n) is 2.05. The lowest BCUT2D eigenvalue weighted by atomic mass is 10.2. The zero-order valence-electron chi connectivity index (χ0n) is 13.4. The lowest BCUT2D eigenvalue weighted by molar-refractivity contribution is 0.388. The average Bonchev–Trinajstić information content (AvgIpc) is 3.16. The molecular formula is C15H16N4O4S. The lowest BCUT2D eigenvalue weighted by Crippen LogP contribution is -2.26. The van der Waals surface area contributed by atoms with Gasteiger partial charge in [-0.15, -0.1) is 10.2 Å². The molecule has 0 aliphatic heterocycles. The van der Waals surface area contributed by atoms with Crippen molar-refractivity contribution in [2.24, 2.45) is 0 Å². The van der Waals surface area contributed by atoms with Gasteiger partial charge in [0.25, 0.3) is 5.89 Å². The Kier molecular flexibility index (Phi) is 4.20. The number of nitrogens with zero attached hydrogens (tertiary/aromatic N) is 4. The van der Waals surface area contributed by atoms with Crippen molar-refractivity contribution in [1.29, 1.82) is 0 Å². The van der Waals surface area contributed by atoms with Crippen molar-refractivity contribution in [3.05, 3.63) is 47.5 Å². The number of aryl methyl sites for hydroxylation is 2. The fraction of sp³-hybridized carbons (Fsp3) is 0.267. The molecule has 0 aliphatic rings. The first-order chi connectivity index (χ1) is 11.4. The molecule has 0 N–H and O–H groups in total. The van der Waals surface area contributed by atoms with Gasteiger partial charge in [-0.3, -0.25) is 0 Å². The minimum Gasteiger partial charge on any atom is -0.418 e. The Balaban J connectivity index is 1.78. The Hall–Kier alpha value is -2.52. The summed E-state index contributed by atoms with van der Waals surface area (Å²) in [5.74, 6) is 0.968. The molecule has 8 nitrogen and oxygen atoms in total. The Bertz CT molecular complexity index is 944. The molecular weight excluding hydrogens is 332 g/mol. The highest BCUT2D eigenvalue weighted by atomic mass is 32.2. The molecule has 0 aliphatic carbocycles. The van der Waals surface area contributed by atoms with Crippen LogP contribution in [0.5, 0.6) is 0 Å². The van der Waals surface area contributed by atoms with Crippen LogP contribution in [0.2, 0.25) is 0 Å². The summed E-state index contributed by atoms with van der Waals surface area (Å²) in [5.41, 5.74) is 1.40. The van der Waals surface area contributed by atoms with Gasteiger partial charge in [0.15, 0.2) is 5.69 Å². The van der Waals surface area contributed by atoms with Gasteiger partial charge in [0, 0.05) is 13.1 Å². The van der Waals surface area contributed by atoms with Crippen LogP contribution in [0, 0.1) is 13.8 Å². The van der Waals surface area contributed by atoms with Crippen LogP contribution >= 0.6 is 0 Å². The number of sulfonamides is 1. The Morgan fingerprint density at radius 2 is 1.83 bits per heavy atom. The van der Waals surface area contributed by atoms with E-state index in [-0.39, 0.29) is 23.2 Å². The van der Waals surface area contributed by atoms with Gasteiger partial charge in [0.1, 0.15) is 5.76 Å². The van der Waals surface area contributed by atoms with E-state index in [0.29, 0.717) is 11.5 Å². The van der Waals surface area contributed by atoms with E-state index in [2.05, 4.69) is 15.4 Å². The van der Waals surface area contributed by atoms with Gasteiger partial charge in [0.05, 0.1) is 11.4 Å². The Morgan fingerprint density at radius 1 is 1.12 bits per heavy atom. The molecule has 3 aromatic rings. The molecule has 3 rings (SSSR count). The van der Waals surface area contributed by atoms with E-state index in [0.717, 1.165) is 9.87 Å². The van der Waals surface area contributed by atoms with Crippen LogP contribution in [0.1, 0.15) is 17.2 Å². The number of rotatable bonds is 5. The van der Waals surface area contributed by atoms with Crippen LogP contribution in [-0.2, 0) is 16.6 Å². The molecule has 9 heteroatoms. The molecule has 0 bridgehead atoms. The Morgan fingerprint density at radius 3 is 2.46 bits per heavy atom. The minimum atomic E-state index is -3.63. The maximum atomic E-state index is 12.5. The van der Waals surface area contributed by atoms with Gasteiger partial charge in [-0.05, 0) is 26.0 Å². The molecule has 0 fully saturated rings. The lowest BCUT2D eigenvalue weighted by Gasteiger charge is -2.15. The van der Waals surface area contributed by atoms with Crippen LogP contribution in [0.25, 0.3) is 11.6 Å². The van der Waals surface area contributed by atoms with Crippen molar-refractivity contribution < 1.29 is 17.4 Å². The largest absolute Gasteiger partial charge is 0.418 e. The van der Waals surface area contributed by atoms with Crippen molar-refractivity contribution in [2.45, 2.75) is 25.3 Å². The summed E-state index contributed by atoms with van der Waals surface area (Å²) in [4.78, 5) is 0.211. The molecule has 1 aromatic carbocycles. The molecule has 126 valence electrons. The summed E-state index contributed by atoms with van der Waals surface area (Å²) in [6, 6.07) is 8.29. The minimum absolute atomic E-state index is 0.0416. The summed E-state index contributed by atoms with van der Waals surface area (Å²) in [7, 11) is -2.18. The summed E-state index contributed by atoms with van der Waals surface area (Å²) in [6.07, 6.45) is 0. The van der Waals surface area contributed by atoms with Crippen LogP contribution in [0.15, 0.2) is 44.2 Å². The maximum absolute atomic E-state index is 12.5. The number of hydrogen-bond acceptors (Lipinski definition) is 7. The van der Waals surface area contributed by atoms with Crippen molar-refractivity contribution in [2.75, 3.05) is 7.05 Å². The molecule has 0 amide bonds. The van der Waals surface area contributed by atoms with Gasteiger partial charge in [0.2, 0.25) is 15.9 Å². The number of benzene rings is 1. The molecule has 2 aromatic heterocycles. The van der Waals surface area contributed by atoms with E-state index in [1.165, 1.54) is 7.05 Å². The smallest absolute Gasteiger partial charge is 0.269 e. The second-order valence-corrected chi connectivity index (χ2v) is 7.44. The van der Waals surface area contributed by atoms with Gasteiger partial charge in [-0.1, -0.05) is 22.9 Å². The van der Waals surface area contributed by atoms with E-state index in [4.69, 9.17) is 8.94 Å². The average molecular weight is 348 g/mol. The molecule has 2 heterocycles. The fourth-order valence-corrected chi connectivity index (χ4v) is 3.17. The zero-order valence-corrected chi connectivity index (χ0v) is 14.2. The highest BCUT2D eigenvalue weighted by Crippen LogP contribution is 2.20. The topological polar surface area (TPSA) is 102 Å². The summed E-state index contributed by atoms with van der Waals surface area (Å²) in [5, 5.41) is 11.5. The molecule has 0 saturated carbocycles. The van der Waals surface area contributed by atoms with Gasteiger partial charge in [-0.2, -0.15) is 4.31 Å². The molecule has 0 radical (unpaired) electrons. The predicted octanol–water partition coefficient (Wildman–Crippen LogP) is 2.16. The first-order valence-electron chi connectivity index (χ1n) is 7.15. The third-order valence-electron chi connectivity index (χ3n) is 3.40. The van der Waals surface area contributed by atoms with Crippen molar-refractivity contribution >= 4 is 10.0 Å². The van der Waals surface area contributed by atoms with Gasteiger partial charge >= 0.3 is 0 Å². The monoisotopic (exact) mass is 348 g/mol. The highest BCUT2D eigenvalue weighted by Gasteiger charge is 2.23. The first-order valence-corrected chi connectivity index (χ1v) is 8.59. The van der Waals surface area contributed by atoms with Gasteiger partial charge < -0.3 is 8.94 Å². The molecule has 0 saturated heterocycles. The normalized spacial score (nSPS) is 12.0. The maximum Gasteiger partial charge on any atom is 0.269 e. The Labute approximate surface area is 139 Å². The standard InChI is InChI=1S/C15H16N4O4S/c1-10-4-6-12(7-5-10)24(20,21)19(3)9-14-16-17-15(22-14)13-8-11(2)23-18-13/h4-8H,9H2,1-3H3. The molecule has 0 atom stereocenters. The van der Waals surface area contributed by atoms with Crippen molar-refractivity contribution in [1.82, 2.24) is 19.7 Å². The predicted molar refractivity (Wildman–Crippen MR) is 84.4 cm³/mol. The van der Waals surface area contributed by atoms with Crippen LogP contribution < -0.4 is 0 Å². The second kappa shape index (κ2) is 6.17. The van der Waals surface area contributed by atoms with Crippen LogP contribution in [0.4, 0.5) is 0 Å². The summed E-state index contributed by atoms with van der Waals surface area (Å²) < 4.78 is 36.6. The van der Waals surface area contributed by atoms with Crippen molar-refractivity contribution in [3.63, 3.8) is 0 Å². The third-order valence-corrected chi connectivity index (χ3v) is 5.22. The van der Waals surface area contributed by atoms with E-state index >= 15 is 0 Å². The van der Waals surface area contributed by atoms with E-state index < -0.39 is 10.0 Å². The summed E-state index contributed by atoms with van der Waals surface area (Å²) >= 11 is 0. The summed E-state index contributed by atoms with van der Waals surface area (Å²) in [6.45, 7) is 3.60. The SMILES string of the molecule is Cc1ccc(S(=O)(=O)N(C)Cc2nnc(-c3cc(C)on3)o2)cc1. The van der Waals surface area contributed by atoms with Crippen molar-refractivity contribution in [3.8, 4) is 11.6 Å². The molecule has 24 heavy (non-hydrogen) atoms. The number of aromatic nitrogens is 3. The number of hydrogen-bond donors (Lipinski definition) is 0. The highest BCUT2D eigenvalue weighted by molar-refractivity contribution is 7.89. The van der Waals surface area contributed by atoms with Gasteiger partial charge in [-0.25, -0.2) is 8.42 Å². The van der Waals surface area contributed by atoms with E-state index in [1.807, 2.05) is 6.92 Å². The quantitative estimate of drug-likeness (QED) is 0.696. The first kappa shape index (κ1) is 16.3. The van der Waals surface area contributed by atoms with Crippen LogP contribution in [-0.4, -0.2) is 35.1 Å². The van der Waals surface area contributed by atoms with Crippen LogP contribution in [0.3, 0.4) is 0 Å². The zero-order chi connectivity index (χ0) is 17.3. The molecule has 0 spiro atoms. The third kappa shape index (κ3) is 3.22.